The van der Waals surface area contributed by atoms with E-state index in [9.17, 15) is 9.59 Å². The number of nitrogens with one attached hydrogen (secondary N) is 1. The minimum atomic E-state index is -0.281. The lowest BCUT2D eigenvalue weighted by molar-refractivity contribution is -0.128. The van der Waals surface area contributed by atoms with Gasteiger partial charge >= 0.3 is 0 Å². The molecule has 0 bridgehead atoms. The van der Waals surface area contributed by atoms with Gasteiger partial charge in [-0.2, -0.15) is 4.98 Å². The van der Waals surface area contributed by atoms with Crippen LogP contribution in [0.25, 0.3) is 17.1 Å². The van der Waals surface area contributed by atoms with E-state index in [-0.39, 0.29) is 24.1 Å². The summed E-state index contributed by atoms with van der Waals surface area (Å²) in [6.07, 6.45) is 3.38. The van der Waals surface area contributed by atoms with Gasteiger partial charge in [0.2, 0.25) is 5.91 Å². The number of nitrogens with zero attached hydrogens (tertiary/aromatic N) is 5. The third-order valence-electron chi connectivity index (χ3n) is 4.66. The van der Waals surface area contributed by atoms with E-state index in [4.69, 9.17) is 4.52 Å². The van der Waals surface area contributed by atoms with Gasteiger partial charge in [-0.3, -0.25) is 14.0 Å². The van der Waals surface area contributed by atoms with Crippen LogP contribution in [-0.2, 0) is 11.2 Å². The number of aryl methyl sites for hydroxylation is 1. The van der Waals surface area contributed by atoms with Crippen LogP contribution in [0.3, 0.4) is 0 Å². The topological polar surface area (TPSA) is 106 Å². The number of amides is 2. The van der Waals surface area contributed by atoms with Gasteiger partial charge in [0.1, 0.15) is 11.3 Å². The van der Waals surface area contributed by atoms with E-state index in [2.05, 4.69) is 20.4 Å². The van der Waals surface area contributed by atoms with Gasteiger partial charge in [-0.15, -0.1) is 0 Å². The zero-order chi connectivity index (χ0) is 21.3. The number of anilines is 1. The van der Waals surface area contributed by atoms with E-state index >= 15 is 0 Å². The molecule has 4 rings (SSSR count). The second kappa shape index (κ2) is 7.78. The lowest BCUT2D eigenvalue weighted by Gasteiger charge is -2.09. The Morgan fingerprint density at radius 1 is 1.20 bits per heavy atom. The summed E-state index contributed by atoms with van der Waals surface area (Å²) in [5.74, 6) is 0.187. The maximum Gasteiger partial charge on any atom is 0.274 e. The third-order valence-corrected chi connectivity index (χ3v) is 4.66. The Bertz CT molecular complexity index is 1240. The van der Waals surface area contributed by atoms with Crippen molar-refractivity contribution in [3.8, 4) is 11.5 Å². The Kier molecular flexibility index (Phi) is 5.01. The number of likely N-dealkylation sites (N-methyl/N-ethyl adjacent to an activating group) is 1. The van der Waals surface area contributed by atoms with Crippen molar-refractivity contribution in [2.24, 2.45) is 0 Å². The molecule has 0 aliphatic heterocycles. The number of carbonyl (C=O) groups excluding carboxylic acids is 2. The molecule has 2 amide bonds. The molecule has 0 fully saturated rings. The zero-order valence-corrected chi connectivity index (χ0v) is 16.8. The molecule has 0 saturated heterocycles. The van der Waals surface area contributed by atoms with E-state index in [1.165, 1.54) is 11.1 Å². The number of aromatic nitrogens is 4. The van der Waals surface area contributed by atoms with Crippen molar-refractivity contribution < 1.29 is 14.1 Å². The molecular weight excluding hydrogens is 384 g/mol. The first kappa shape index (κ1) is 19.3. The summed E-state index contributed by atoms with van der Waals surface area (Å²) < 4.78 is 7.03. The number of benzene rings is 1. The second-order valence-electron chi connectivity index (χ2n) is 7.04. The summed E-state index contributed by atoms with van der Waals surface area (Å²) in [5, 5.41) is 6.79. The maximum atomic E-state index is 12.8. The molecule has 3 aromatic heterocycles. The SMILES string of the molecule is Cc1ccc(-c2nc(CC(=O)N(C)C)no2)cc1NC(=O)c1cnc2ccccn12. The van der Waals surface area contributed by atoms with Gasteiger partial charge in [0.15, 0.2) is 5.82 Å². The lowest BCUT2D eigenvalue weighted by atomic mass is 10.1. The number of hydrogen-bond acceptors (Lipinski definition) is 6. The molecule has 0 unspecified atom stereocenters. The predicted molar refractivity (Wildman–Crippen MR) is 110 cm³/mol. The standard InChI is InChI=1S/C21H20N6O3/c1-13-7-8-14(21-24-17(25-30-21)11-19(28)26(2)3)10-15(13)23-20(29)16-12-22-18-6-4-5-9-27(16)18/h4-10,12H,11H2,1-3H3,(H,23,29). The average molecular weight is 404 g/mol. The monoisotopic (exact) mass is 404 g/mol. The summed E-state index contributed by atoms with van der Waals surface area (Å²) >= 11 is 0. The molecule has 0 atom stereocenters. The molecule has 152 valence electrons. The highest BCUT2D eigenvalue weighted by Crippen LogP contribution is 2.25. The first-order chi connectivity index (χ1) is 14.4. The van der Waals surface area contributed by atoms with Gasteiger partial charge in [0.05, 0.1) is 12.6 Å². The van der Waals surface area contributed by atoms with Gasteiger partial charge in [-0.1, -0.05) is 17.3 Å². The van der Waals surface area contributed by atoms with Crippen molar-refractivity contribution in [2.75, 3.05) is 19.4 Å². The molecule has 30 heavy (non-hydrogen) atoms. The van der Waals surface area contributed by atoms with Crippen LogP contribution >= 0.6 is 0 Å². The highest BCUT2D eigenvalue weighted by molar-refractivity contribution is 6.04. The molecule has 1 N–H and O–H groups in total. The van der Waals surface area contributed by atoms with Gasteiger partial charge in [0.25, 0.3) is 11.8 Å². The molecule has 9 heteroatoms. The molecule has 0 aliphatic rings. The Hall–Kier alpha value is -4.01. The van der Waals surface area contributed by atoms with Crippen molar-refractivity contribution in [3.05, 3.63) is 65.9 Å². The number of rotatable bonds is 5. The summed E-state index contributed by atoms with van der Waals surface area (Å²) in [4.78, 5) is 34.7. The Morgan fingerprint density at radius 2 is 2.03 bits per heavy atom. The van der Waals surface area contributed by atoms with Crippen molar-refractivity contribution in [2.45, 2.75) is 13.3 Å². The van der Waals surface area contributed by atoms with Crippen LogP contribution in [0.2, 0.25) is 0 Å². The molecule has 4 aromatic rings. The second-order valence-corrected chi connectivity index (χ2v) is 7.04. The van der Waals surface area contributed by atoms with Crippen LogP contribution in [0.1, 0.15) is 21.9 Å². The number of pyridine rings is 1. The van der Waals surface area contributed by atoms with Crippen LogP contribution in [0.5, 0.6) is 0 Å². The van der Waals surface area contributed by atoms with Gasteiger partial charge < -0.3 is 14.7 Å². The Labute approximate surface area is 172 Å². The van der Waals surface area contributed by atoms with Gasteiger partial charge in [-0.25, -0.2) is 4.98 Å². The lowest BCUT2D eigenvalue weighted by Crippen LogP contribution is -2.23. The number of carbonyl (C=O) groups is 2. The first-order valence-corrected chi connectivity index (χ1v) is 9.29. The van der Waals surface area contributed by atoms with E-state index in [0.29, 0.717) is 28.4 Å². The summed E-state index contributed by atoms with van der Waals surface area (Å²) in [6, 6.07) is 11.0. The summed E-state index contributed by atoms with van der Waals surface area (Å²) in [6.45, 7) is 1.89. The van der Waals surface area contributed by atoms with Gasteiger partial charge in [0, 0.05) is 31.5 Å². The first-order valence-electron chi connectivity index (χ1n) is 9.29. The minimum Gasteiger partial charge on any atom is -0.348 e. The van der Waals surface area contributed by atoms with Crippen LogP contribution < -0.4 is 5.32 Å². The Balaban J connectivity index is 1.57. The quantitative estimate of drug-likeness (QED) is 0.548. The van der Waals surface area contributed by atoms with Crippen LogP contribution in [-0.4, -0.2) is 50.3 Å². The van der Waals surface area contributed by atoms with Crippen LogP contribution in [0, 0.1) is 6.92 Å². The normalized spacial score (nSPS) is 10.9. The molecule has 0 radical (unpaired) electrons. The number of hydrogen-bond donors (Lipinski definition) is 1. The molecule has 0 aliphatic carbocycles. The predicted octanol–water partition coefficient (Wildman–Crippen LogP) is 2.58. The third kappa shape index (κ3) is 3.77. The number of fused-ring (bicyclic) bond motifs is 1. The van der Waals surface area contributed by atoms with Crippen molar-refractivity contribution in [3.63, 3.8) is 0 Å². The fourth-order valence-electron chi connectivity index (χ4n) is 2.91. The molecule has 0 spiro atoms. The maximum absolute atomic E-state index is 12.8. The van der Waals surface area contributed by atoms with Crippen LogP contribution in [0.4, 0.5) is 5.69 Å². The molecule has 1 aromatic carbocycles. The minimum absolute atomic E-state index is 0.0558. The molecular formula is C21H20N6O3. The van der Waals surface area contributed by atoms with Crippen molar-refractivity contribution in [1.29, 1.82) is 0 Å². The largest absolute Gasteiger partial charge is 0.348 e. The van der Waals surface area contributed by atoms with E-state index in [1.54, 1.807) is 30.8 Å². The smallest absolute Gasteiger partial charge is 0.274 e. The average Bonchev–Trinajstić information content (AvgIpc) is 3.36. The highest BCUT2D eigenvalue weighted by atomic mass is 16.5. The van der Waals surface area contributed by atoms with Gasteiger partial charge in [-0.05, 0) is 36.8 Å². The Morgan fingerprint density at radius 3 is 2.83 bits per heavy atom. The van der Waals surface area contributed by atoms with E-state index < -0.39 is 0 Å². The van der Waals surface area contributed by atoms with Crippen LogP contribution in [0.15, 0.2) is 53.3 Å². The molecule has 0 saturated carbocycles. The summed E-state index contributed by atoms with van der Waals surface area (Å²) in [7, 11) is 3.34. The van der Waals surface area contributed by atoms with E-state index in [0.717, 1.165) is 5.56 Å². The zero-order valence-electron chi connectivity index (χ0n) is 16.8. The van der Waals surface area contributed by atoms with Crippen molar-refractivity contribution >= 4 is 23.1 Å². The fourth-order valence-corrected chi connectivity index (χ4v) is 2.91. The molecule has 9 nitrogen and oxygen atoms in total. The highest BCUT2D eigenvalue weighted by Gasteiger charge is 2.16. The number of imidazole rings is 1. The van der Waals surface area contributed by atoms with Crippen molar-refractivity contribution in [1.82, 2.24) is 24.4 Å². The fraction of sp³-hybridized carbons (Fsp3) is 0.190. The molecule has 3 heterocycles. The van der Waals surface area contributed by atoms with E-state index in [1.807, 2.05) is 37.3 Å². The summed E-state index contributed by atoms with van der Waals surface area (Å²) in [5.41, 5.74) is 3.26.